The number of ether oxygens (including phenoxy) is 1. The third-order valence-corrected chi connectivity index (χ3v) is 2.77. The molecule has 2 rings (SSSR count). The van der Waals surface area contributed by atoms with Crippen molar-refractivity contribution < 1.29 is 14.3 Å². The van der Waals surface area contributed by atoms with Crippen LogP contribution in [0, 0.1) is 0 Å². The number of amides is 2. The van der Waals surface area contributed by atoms with Gasteiger partial charge in [-0.15, -0.1) is 0 Å². The van der Waals surface area contributed by atoms with E-state index in [0.29, 0.717) is 13.0 Å². The molecule has 1 aliphatic heterocycles. The van der Waals surface area contributed by atoms with Crippen molar-refractivity contribution in [1.82, 2.24) is 21.0 Å². The highest BCUT2D eigenvalue weighted by atomic mass is 16.5. The molecular weight excluding hydrogens is 236 g/mol. The minimum absolute atomic E-state index is 0.250. The van der Waals surface area contributed by atoms with Crippen LogP contribution in [0.25, 0.3) is 0 Å². The molecule has 1 aliphatic rings. The van der Waals surface area contributed by atoms with Crippen LogP contribution in [0.2, 0.25) is 0 Å². The molecule has 2 amide bonds. The number of rotatable bonds is 3. The van der Waals surface area contributed by atoms with Gasteiger partial charge < -0.3 is 4.74 Å². The summed E-state index contributed by atoms with van der Waals surface area (Å²) in [6.45, 7) is 2.54. The van der Waals surface area contributed by atoms with Gasteiger partial charge in [0.05, 0.1) is 0 Å². The summed E-state index contributed by atoms with van der Waals surface area (Å²) in [5, 5.41) is 6.57. The van der Waals surface area contributed by atoms with Gasteiger partial charge in [-0.1, -0.05) is 6.92 Å². The van der Waals surface area contributed by atoms with E-state index in [0.717, 1.165) is 18.5 Å². The number of nitrogens with one attached hydrogen (secondary N) is 3. The Bertz CT molecular complexity index is 437. The molecule has 18 heavy (non-hydrogen) atoms. The number of H-pyrrole nitrogens is 1. The third kappa shape index (κ3) is 2.86. The van der Waals surface area contributed by atoms with Crippen LogP contribution in [-0.4, -0.2) is 34.7 Å². The predicted molar refractivity (Wildman–Crippen MR) is 62.5 cm³/mol. The number of nitrogens with zero attached hydrogens (tertiary/aromatic N) is 1. The summed E-state index contributed by atoms with van der Waals surface area (Å²) < 4.78 is 5.19. The highest BCUT2D eigenvalue weighted by Gasteiger charge is 2.24. The van der Waals surface area contributed by atoms with Crippen LogP contribution in [0.4, 0.5) is 0 Å². The molecule has 0 spiro atoms. The van der Waals surface area contributed by atoms with Crippen molar-refractivity contribution in [3.8, 4) is 0 Å². The molecule has 1 aromatic rings. The molecule has 1 fully saturated rings. The molecule has 1 saturated heterocycles. The van der Waals surface area contributed by atoms with Gasteiger partial charge in [-0.05, 0) is 25.3 Å². The van der Waals surface area contributed by atoms with Crippen LogP contribution in [0.5, 0.6) is 0 Å². The van der Waals surface area contributed by atoms with Gasteiger partial charge >= 0.3 is 0 Å². The topological polar surface area (TPSA) is 96.1 Å². The average Bonchev–Trinajstić information content (AvgIpc) is 3.05. The minimum Gasteiger partial charge on any atom is -0.368 e. The maximum absolute atomic E-state index is 11.6. The second kappa shape index (κ2) is 5.63. The molecule has 0 aliphatic carbocycles. The molecule has 7 heteroatoms. The van der Waals surface area contributed by atoms with Crippen molar-refractivity contribution in [2.75, 3.05) is 6.61 Å². The number of hydrogen-bond donors (Lipinski definition) is 3. The molecule has 98 valence electrons. The van der Waals surface area contributed by atoms with Crippen molar-refractivity contribution in [2.45, 2.75) is 32.3 Å². The van der Waals surface area contributed by atoms with E-state index in [1.165, 1.54) is 0 Å². The number of hydrazine groups is 1. The van der Waals surface area contributed by atoms with Gasteiger partial charge in [0.15, 0.2) is 5.69 Å². The van der Waals surface area contributed by atoms with Gasteiger partial charge in [-0.3, -0.25) is 25.5 Å². The highest BCUT2D eigenvalue weighted by Crippen LogP contribution is 2.11. The number of carbonyl (C=O) groups excluding carboxylic acids is 2. The zero-order valence-corrected chi connectivity index (χ0v) is 10.2. The molecule has 0 bridgehead atoms. The van der Waals surface area contributed by atoms with Crippen LogP contribution in [0.3, 0.4) is 0 Å². The number of aromatic amines is 1. The number of aromatic nitrogens is 2. The molecule has 0 radical (unpaired) electrons. The fourth-order valence-electron chi connectivity index (χ4n) is 1.71. The summed E-state index contributed by atoms with van der Waals surface area (Å²) in [6, 6.07) is 1.65. The first-order valence-corrected chi connectivity index (χ1v) is 5.96. The monoisotopic (exact) mass is 252 g/mol. The summed E-state index contributed by atoms with van der Waals surface area (Å²) >= 11 is 0. The van der Waals surface area contributed by atoms with Crippen LogP contribution in [0.15, 0.2) is 6.07 Å². The lowest BCUT2D eigenvalue weighted by Gasteiger charge is -2.10. The minimum atomic E-state index is -0.462. The Kier molecular flexibility index (Phi) is 3.93. The SMILES string of the molecule is CCc1cc(C(=O)NNC(=O)C2CCCO2)n[nH]1. The van der Waals surface area contributed by atoms with Gasteiger partial charge in [-0.2, -0.15) is 5.10 Å². The van der Waals surface area contributed by atoms with Crippen molar-refractivity contribution >= 4 is 11.8 Å². The Morgan fingerprint density at radius 2 is 2.39 bits per heavy atom. The molecule has 2 heterocycles. The molecule has 7 nitrogen and oxygen atoms in total. The zero-order chi connectivity index (χ0) is 13.0. The Hall–Kier alpha value is -1.89. The van der Waals surface area contributed by atoms with E-state index in [9.17, 15) is 9.59 Å². The van der Waals surface area contributed by atoms with E-state index in [1.807, 2.05) is 6.92 Å². The maximum Gasteiger partial charge on any atom is 0.290 e. The number of aryl methyl sites for hydroxylation is 1. The summed E-state index contributed by atoms with van der Waals surface area (Å²) in [5.74, 6) is -0.774. The molecular formula is C11H16N4O3. The number of carbonyl (C=O) groups is 2. The van der Waals surface area contributed by atoms with Gasteiger partial charge in [-0.25, -0.2) is 0 Å². The first-order valence-electron chi connectivity index (χ1n) is 5.96. The smallest absolute Gasteiger partial charge is 0.290 e. The Labute approximate surface area is 104 Å². The molecule has 3 N–H and O–H groups in total. The lowest BCUT2D eigenvalue weighted by atomic mass is 10.2. The fraction of sp³-hybridized carbons (Fsp3) is 0.545. The lowest BCUT2D eigenvalue weighted by molar-refractivity contribution is -0.130. The maximum atomic E-state index is 11.6. The van der Waals surface area contributed by atoms with E-state index in [2.05, 4.69) is 21.0 Å². The largest absolute Gasteiger partial charge is 0.368 e. The van der Waals surface area contributed by atoms with Crippen LogP contribution in [-0.2, 0) is 16.0 Å². The lowest BCUT2D eigenvalue weighted by Crippen LogP contribution is -2.46. The normalized spacial score (nSPS) is 18.6. The molecule has 0 aromatic carbocycles. The Morgan fingerprint density at radius 3 is 3.00 bits per heavy atom. The second-order valence-electron chi connectivity index (χ2n) is 4.08. The van der Waals surface area contributed by atoms with Crippen molar-refractivity contribution in [2.24, 2.45) is 0 Å². The van der Waals surface area contributed by atoms with Crippen molar-refractivity contribution in [3.05, 3.63) is 17.5 Å². The van der Waals surface area contributed by atoms with Gasteiger partial charge in [0.2, 0.25) is 0 Å². The Morgan fingerprint density at radius 1 is 1.56 bits per heavy atom. The van der Waals surface area contributed by atoms with Crippen molar-refractivity contribution in [1.29, 1.82) is 0 Å². The van der Waals surface area contributed by atoms with Crippen molar-refractivity contribution in [3.63, 3.8) is 0 Å². The predicted octanol–water partition coefficient (Wildman–Crippen LogP) is -0.0879. The molecule has 1 atom stereocenters. The summed E-state index contributed by atoms with van der Waals surface area (Å²) in [5.41, 5.74) is 5.76. The quantitative estimate of drug-likeness (QED) is 0.655. The molecule has 1 unspecified atom stereocenters. The summed E-state index contributed by atoms with van der Waals surface area (Å²) in [6.07, 6.45) is 1.86. The highest BCUT2D eigenvalue weighted by molar-refractivity contribution is 5.94. The van der Waals surface area contributed by atoms with Gasteiger partial charge in [0, 0.05) is 12.3 Å². The van der Waals surface area contributed by atoms with E-state index in [1.54, 1.807) is 6.07 Å². The van der Waals surface area contributed by atoms with E-state index in [-0.39, 0.29) is 11.6 Å². The Balaban J connectivity index is 1.82. The fourth-order valence-corrected chi connectivity index (χ4v) is 1.71. The van der Waals surface area contributed by atoms with Crippen LogP contribution >= 0.6 is 0 Å². The first kappa shape index (κ1) is 12.6. The average molecular weight is 252 g/mol. The second-order valence-corrected chi connectivity index (χ2v) is 4.08. The summed E-state index contributed by atoms with van der Waals surface area (Å²) in [7, 11) is 0. The molecule has 0 saturated carbocycles. The zero-order valence-electron chi connectivity index (χ0n) is 10.2. The van der Waals surface area contributed by atoms with Crippen LogP contribution < -0.4 is 10.9 Å². The van der Waals surface area contributed by atoms with Crippen LogP contribution in [0.1, 0.15) is 35.9 Å². The van der Waals surface area contributed by atoms with E-state index >= 15 is 0 Å². The van der Waals surface area contributed by atoms with E-state index in [4.69, 9.17) is 4.74 Å². The van der Waals surface area contributed by atoms with E-state index < -0.39 is 12.0 Å². The van der Waals surface area contributed by atoms with Gasteiger partial charge in [0.1, 0.15) is 6.10 Å². The summed E-state index contributed by atoms with van der Waals surface area (Å²) in [4.78, 5) is 23.2. The molecule has 1 aromatic heterocycles. The number of hydrogen-bond acceptors (Lipinski definition) is 4. The van der Waals surface area contributed by atoms with Gasteiger partial charge in [0.25, 0.3) is 11.8 Å². The third-order valence-electron chi connectivity index (χ3n) is 2.77. The first-order chi connectivity index (χ1) is 8.70. The standard InChI is InChI=1S/C11H16N4O3/c1-2-7-6-8(13-12-7)10(16)14-15-11(17)9-4-3-5-18-9/h6,9H,2-5H2,1H3,(H,12,13)(H,14,16)(H,15,17).